The van der Waals surface area contributed by atoms with Crippen LogP contribution >= 0.6 is 0 Å². The molecule has 5 nitrogen and oxygen atoms in total. The molecule has 1 aromatic heterocycles. The summed E-state index contributed by atoms with van der Waals surface area (Å²) in [6.07, 6.45) is 3.79. The molecular weight excluding hydrogens is 348 g/mol. The molecule has 0 fully saturated rings. The Morgan fingerprint density at radius 1 is 1.07 bits per heavy atom. The van der Waals surface area contributed by atoms with E-state index in [-0.39, 0.29) is 5.91 Å². The van der Waals surface area contributed by atoms with E-state index >= 15 is 0 Å². The maximum Gasteiger partial charge on any atom is 0.272 e. The van der Waals surface area contributed by atoms with Gasteiger partial charge in [-0.15, -0.1) is 0 Å². The fraction of sp³-hybridized carbons (Fsp3) is 0.261. The molecule has 0 atom stereocenters. The van der Waals surface area contributed by atoms with Gasteiger partial charge in [-0.3, -0.25) is 4.79 Å². The average Bonchev–Trinajstić information content (AvgIpc) is 2.77. The molecule has 0 radical (unpaired) electrons. The van der Waals surface area contributed by atoms with Gasteiger partial charge < -0.3 is 9.80 Å². The van der Waals surface area contributed by atoms with Gasteiger partial charge in [0.1, 0.15) is 5.69 Å². The summed E-state index contributed by atoms with van der Waals surface area (Å²) in [6, 6.07) is 20.1. The number of carbonyl (C=O) groups excluding carboxylic acids is 1. The Kier molecular flexibility index (Phi) is 5.33. The fourth-order valence-electron chi connectivity index (χ4n) is 3.63. The van der Waals surface area contributed by atoms with Crippen molar-refractivity contribution in [2.75, 3.05) is 18.0 Å². The van der Waals surface area contributed by atoms with Gasteiger partial charge in [-0.2, -0.15) is 0 Å². The van der Waals surface area contributed by atoms with E-state index in [0.29, 0.717) is 24.7 Å². The molecule has 2 heterocycles. The summed E-state index contributed by atoms with van der Waals surface area (Å²) in [5, 5.41) is 0. The maximum atomic E-state index is 13.1. The Balaban J connectivity index is 1.59. The standard InChI is InChI=1S/C23H24N4O/c1-2-26(17-18-9-4-3-5-10-18)22(28)20-14-15-24-23(25-20)27-16-8-12-19-11-6-7-13-21(19)27/h3-7,9-11,13-15H,2,8,12,16-17H2,1H3. The number of fused-ring (bicyclic) bond motifs is 1. The van der Waals surface area contributed by atoms with E-state index in [1.54, 1.807) is 12.3 Å². The lowest BCUT2D eigenvalue weighted by molar-refractivity contribution is 0.0746. The monoisotopic (exact) mass is 372 g/mol. The highest BCUT2D eigenvalue weighted by molar-refractivity contribution is 5.92. The molecule has 4 rings (SSSR count). The molecule has 0 spiro atoms. The van der Waals surface area contributed by atoms with Crippen molar-refractivity contribution in [3.8, 4) is 0 Å². The van der Waals surface area contributed by atoms with E-state index in [0.717, 1.165) is 30.6 Å². The SMILES string of the molecule is CCN(Cc1ccccc1)C(=O)c1ccnc(N2CCCc3ccccc32)n1. The molecule has 0 aliphatic carbocycles. The minimum atomic E-state index is -0.0692. The molecule has 0 saturated heterocycles. The van der Waals surface area contributed by atoms with Crippen molar-refractivity contribution >= 4 is 17.5 Å². The molecule has 0 bridgehead atoms. The number of anilines is 2. The van der Waals surface area contributed by atoms with Crippen LogP contribution in [-0.4, -0.2) is 33.9 Å². The lowest BCUT2D eigenvalue weighted by Crippen LogP contribution is -2.32. The molecule has 28 heavy (non-hydrogen) atoms. The van der Waals surface area contributed by atoms with Gasteiger partial charge in [-0.25, -0.2) is 9.97 Å². The van der Waals surface area contributed by atoms with Gasteiger partial charge in [0.05, 0.1) is 0 Å². The molecule has 3 aromatic rings. The van der Waals surface area contributed by atoms with Crippen LogP contribution in [0.15, 0.2) is 66.9 Å². The smallest absolute Gasteiger partial charge is 0.272 e. The van der Waals surface area contributed by atoms with Crippen LogP contribution in [0.5, 0.6) is 0 Å². The quantitative estimate of drug-likeness (QED) is 0.673. The van der Waals surface area contributed by atoms with Crippen LogP contribution in [0.3, 0.4) is 0 Å². The summed E-state index contributed by atoms with van der Waals surface area (Å²) in [7, 11) is 0. The predicted molar refractivity (Wildman–Crippen MR) is 111 cm³/mol. The Bertz CT molecular complexity index is 958. The van der Waals surface area contributed by atoms with Crippen LogP contribution < -0.4 is 4.90 Å². The van der Waals surface area contributed by atoms with Crippen LogP contribution in [0.2, 0.25) is 0 Å². The zero-order valence-electron chi connectivity index (χ0n) is 16.1. The lowest BCUT2D eigenvalue weighted by atomic mass is 10.0. The molecule has 0 unspecified atom stereocenters. The Morgan fingerprint density at radius 3 is 2.68 bits per heavy atom. The number of amides is 1. The van der Waals surface area contributed by atoms with Crippen LogP contribution in [-0.2, 0) is 13.0 Å². The number of rotatable bonds is 5. The lowest BCUT2D eigenvalue weighted by Gasteiger charge is -2.29. The van der Waals surface area contributed by atoms with Gasteiger partial charge in [0.25, 0.3) is 5.91 Å². The third-order valence-corrected chi connectivity index (χ3v) is 5.10. The first-order valence-corrected chi connectivity index (χ1v) is 9.78. The average molecular weight is 372 g/mol. The molecule has 0 saturated carbocycles. The highest BCUT2D eigenvalue weighted by Gasteiger charge is 2.22. The third kappa shape index (κ3) is 3.74. The molecule has 1 amide bonds. The number of aryl methyl sites for hydroxylation is 1. The Hall–Kier alpha value is -3.21. The van der Waals surface area contributed by atoms with Crippen LogP contribution in [0.25, 0.3) is 0 Å². The van der Waals surface area contributed by atoms with E-state index in [9.17, 15) is 4.79 Å². The number of hydrogen-bond acceptors (Lipinski definition) is 4. The second-order valence-corrected chi connectivity index (χ2v) is 6.93. The molecule has 0 N–H and O–H groups in total. The van der Waals surface area contributed by atoms with E-state index in [1.807, 2.05) is 48.2 Å². The van der Waals surface area contributed by atoms with Gasteiger partial charge in [0.15, 0.2) is 0 Å². The molecular formula is C23H24N4O. The Morgan fingerprint density at radius 2 is 1.86 bits per heavy atom. The number of nitrogens with zero attached hydrogens (tertiary/aromatic N) is 4. The second kappa shape index (κ2) is 8.21. The number of carbonyl (C=O) groups is 1. The third-order valence-electron chi connectivity index (χ3n) is 5.10. The van der Waals surface area contributed by atoms with Crippen molar-refractivity contribution in [1.29, 1.82) is 0 Å². The summed E-state index contributed by atoms with van der Waals surface area (Å²) in [6.45, 7) is 4.04. The summed E-state index contributed by atoms with van der Waals surface area (Å²) < 4.78 is 0. The van der Waals surface area contributed by atoms with E-state index in [1.165, 1.54) is 5.56 Å². The molecule has 2 aromatic carbocycles. The number of hydrogen-bond donors (Lipinski definition) is 0. The first kappa shape index (κ1) is 18.2. The van der Waals surface area contributed by atoms with Gasteiger partial charge in [-0.05, 0) is 43.0 Å². The number of aromatic nitrogens is 2. The van der Waals surface area contributed by atoms with Crippen LogP contribution in [0.1, 0.15) is 35.0 Å². The van der Waals surface area contributed by atoms with Crippen molar-refractivity contribution in [2.24, 2.45) is 0 Å². The summed E-state index contributed by atoms with van der Waals surface area (Å²) >= 11 is 0. The molecule has 5 heteroatoms. The maximum absolute atomic E-state index is 13.1. The summed E-state index contributed by atoms with van der Waals surface area (Å²) in [5.41, 5.74) is 3.98. The van der Waals surface area contributed by atoms with Crippen molar-refractivity contribution < 1.29 is 4.79 Å². The van der Waals surface area contributed by atoms with E-state index in [2.05, 4.69) is 33.1 Å². The van der Waals surface area contributed by atoms with Gasteiger partial charge in [-0.1, -0.05) is 48.5 Å². The van der Waals surface area contributed by atoms with Crippen molar-refractivity contribution in [2.45, 2.75) is 26.3 Å². The van der Waals surface area contributed by atoms with Crippen molar-refractivity contribution in [3.63, 3.8) is 0 Å². The first-order chi connectivity index (χ1) is 13.8. The van der Waals surface area contributed by atoms with Crippen molar-refractivity contribution in [1.82, 2.24) is 14.9 Å². The highest BCUT2D eigenvalue weighted by Crippen LogP contribution is 2.31. The minimum Gasteiger partial charge on any atom is -0.333 e. The van der Waals surface area contributed by atoms with Crippen molar-refractivity contribution in [3.05, 3.63) is 83.7 Å². The second-order valence-electron chi connectivity index (χ2n) is 6.93. The largest absolute Gasteiger partial charge is 0.333 e. The van der Waals surface area contributed by atoms with Crippen LogP contribution in [0, 0.1) is 0 Å². The fourth-order valence-corrected chi connectivity index (χ4v) is 3.63. The van der Waals surface area contributed by atoms with Gasteiger partial charge in [0.2, 0.25) is 5.95 Å². The van der Waals surface area contributed by atoms with Gasteiger partial charge >= 0.3 is 0 Å². The molecule has 1 aliphatic rings. The minimum absolute atomic E-state index is 0.0692. The zero-order chi connectivity index (χ0) is 19.3. The van der Waals surface area contributed by atoms with E-state index < -0.39 is 0 Å². The summed E-state index contributed by atoms with van der Waals surface area (Å²) in [4.78, 5) is 26.1. The number of benzene rings is 2. The Labute approximate surface area is 165 Å². The molecule has 142 valence electrons. The highest BCUT2D eigenvalue weighted by atomic mass is 16.2. The normalized spacial score (nSPS) is 13.1. The predicted octanol–water partition coefficient (Wildman–Crippen LogP) is 4.22. The number of para-hydroxylation sites is 1. The first-order valence-electron chi connectivity index (χ1n) is 9.78. The van der Waals surface area contributed by atoms with Gasteiger partial charge in [0, 0.05) is 31.5 Å². The molecule has 1 aliphatic heterocycles. The topological polar surface area (TPSA) is 49.3 Å². The summed E-state index contributed by atoms with van der Waals surface area (Å²) in [5.74, 6) is 0.522. The van der Waals surface area contributed by atoms with Crippen LogP contribution in [0.4, 0.5) is 11.6 Å². The van der Waals surface area contributed by atoms with E-state index in [4.69, 9.17) is 0 Å². The zero-order valence-corrected chi connectivity index (χ0v) is 16.1.